The highest BCUT2D eigenvalue weighted by Gasteiger charge is 2.30. The molecule has 1 saturated carbocycles. The van der Waals surface area contributed by atoms with E-state index in [0.717, 1.165) is 25.7 Å². The summed E-state index contributed by atoms with van der Waals surface area (Å²) >= 11 is 2.40. The third-order valence-corrected chi connectivity index (χ3v) is 7.40. The number of urea groups is 1. The molecular formula is C20H25BFN3O3S2. The first kappa shape index (κ1) is 22.6. The molecule has 2 amide bonds. The van der Waals surface area contributed by atoms with Gasteiger partial charge in [0.2, 0.25) is 0 Å². The summed E-state index contributed by atoms with van der Waals surface area (Å²) in [5.74, 6) is -0.880. The first-order chi connectivity index (χ1) is 14.2. The number of carbonyl (C=O) groups excluding carboxylic acids is 1. The number of carboxylic acids is 1. The van der Waals surface area contributed by atoms with Gasteiger partial charge in [-0.1, -0.05) is 47.5 Å². The predicted octanol–water partition coefficient (Wildman–Crippen LogP) is 3.72. The van der Waals surface area contributed by atoms with E-state index < -0.39 is 10.7 Å². The number of nitrogens with zero attached hydrogens (tertiary/aromatic N) is 2. The lowest BCUT2D eigenvalue weighted by molar-refractivity contribution is -0.138. The summed E-state index contributed by atoms with van der Waals surface area (Å²) in [6.45, 7) is 3.76. The molecule has 0 atom stereocenters. The monoisotopic (exact) mass is 449 g/mol. The molecule has 1 aliphatic rings. The Morgan fingerprint density at radius 2 is 2.10 bits per heavy atom. The summed E-state index contributed by atoms with van der Waals surface area (Å²) in [5.41, 5.74) is 1.04. The fraction of sp³-hybridized carbons (Fsp3) is 0.450. The molecule has 2 aromatic rings. The van der Waals surface area contributed by atoms with Crippen LogP contribution in [-0.4, -0.2) is 41.2 Å². The molecule has 0 aliphatic heterocycles. The van der Waals surface area contributed by atoms with E-state index in [2.05, 4.69) is 10.3 Å². The lowest BCUT2D eigenvalue weighted by atomic mass is 9.95. The molecule has 2 N–H and O–H groups in total. The zero-order valence-corrected chi connectivity index (χ0v) is 18.9. The molecule has 0 radical (unpaired) electrons. The number of nitrogens with one attached hydrogen (secondary N) is 1. The van der Waals surface area contributed by atoms with Gasteiger partial charge in [0, 0.05) is 12.2 Å². The Labute approximate surface area is 184 Å². The molecule has 30 heavy (non-hydrogen) atoms. The number of halogens is 1. The highest BCUT2D eigenvalue weighted by molar-refractivity contribution is 8.03. The molecule has 0 spiro atoms. The largest absolute Gasteiger partial charge is 0.480 e. The van der Waals surface area contributed by atoms with E-state index in [-0.39, 0.29) is 11.8 Å². The van der Waals surface area contributed by atoms with Crippen molar-refractivity contribution in [1.29, 1.82) is 0 Å². The third-order valence-electron chi connectivity index (χ3n) is 5.20. The highest BCUT2D eigenvalue weighted by atomic mass is 32.2. The lowest BCUT2D eigenvalue weighted by Crippen LogP contribution is -2.38. The maximum atomic E-state index is 14.2. The van der Waals surface area contributed by atoms with Crippen molar-refractivity contribution in [3.05, 3.63) is 30.2 Å². The number of amides is 2. The van der Waals surface area contributed by atoms with Gasteiger partial charge in [-0.2, -0.15) is 0 Å². The first-order valence-electron chi connectivity index (χ1n) is 9.88. The second-order valence-electron chi connectivity index (χ2n) is 8.03. The second-order valence-corrected chi connectivity index (χ2v) is 11.0. The van der Waals surface area contributed by atoms with Crippen LogP contribution in [0.15, 0.2) is 28.6 Å². The molecular weight excluding hydrogens is 424 g/mol. The van der Waals surface area contributed by atoms with E-state index >= 15 is 0 Å². The highest BCUT2D eigenvalue weighted by Crippen LogP contribution is 2.37. The number of hydrogen-bond acceptors (Lipinski definition) is 5. The number of carboxylic acid groups (broad SMARTS) is 1. The minimum atomic E-state index is -0.998. The Bertz CT molecular complexity index is 932. The molecule has 0 saturated heterocycles. The topological polar surface area (TPSA) is 82.5 Å². The van der Waals surface area contributed by atoms with Crippen molar-refractivity contribution in [3.63, 3.8) is 0 Å². The van der Waals surface area contributed by atoms with E-state index in [1.54, 1.807) is 44.9 Å². The predicted molar refractivity (Wildman–Crippen MR) is 123 cm³/mol. The summed E-state index contributed by atoms with van der Waals surface area (Å²) in [6, 6.07) is 4.45. The number of thioether (sulfide) groups is 1. The van der Waals surface area contributed by atoms with Crippen molar-refractivity contribution >= 4 is 59.2 Å². The molecule has 1 fully saturated rings. The van der Waals surface area contributed by atoms with Crippen LogP contribution in [0.5, 0.6) is 0 Å². The van der Waals surface area contributed by atoms with Gasteiger partial charge in [0.05, 0.1) is 10.4 Å². The van der Waals surface area contributed by atoms with Crippen molar-refractivity contribution in [2.45, 2.75) is 48.5 Å². The molecule has 1 aliphatic carbocycles. The zero-order valence-electron chi connectivity index (χ0n) is 17.3. The molecule has 1 aromatic heterocycles. The molecule has 3 rings (SSSR count). The van der Waals surface area contributed by atoms with Crippen LogP contribution in [0, 0.1) is 11.7 Å². The normalized spacial score (nSPS) is 14.6. The first-order valence-corrected chi connectivity index (χ1v) is 11.5. The summed E-state index contributed by atoms with van der Waals surface area (Å²) in [5, 5.41) is 12.5. The fourth-order valence-electron chi connectivity index (χ4n) is 3.32. The van der Waals surface area contributed by atoms with Gasteiger partial charge in [-0.3, -0.25) is 15.0 Å². The number of aliphatic carboxylic acids is 1. The van der Waals surface area contributed by atoms with Crippen molar-refractivity contribution < 1.29 is 19.1 Å². The van der Waals surface area contributed by atoms with E-state index in [1.165, 1.54) is 29.2 Å². The SMILES string of the molecule is Bc1ccc(N(CC2CCCC2)C(=O)Nc2ncc(SC(C)(C)C(=O)O)s2)cc1F. The molecule has 160 valence electrons. The minimum Gasteiger partial charge on any atom is -0.480 e. The maximum absolute atomic E-state index is 14.2. The lowest BCUT2D eigenvalue weighted by Gasteiger charge is -2.26. The fourth-order valence-corrected chi connectivity index (χ4v) is 5.59. The molecule has 10 heteroatoms. The van der Waals surface area contributed by atoms with Crippen molar-refractivity contribution in [2.75, 3.05) is 16.8 Å². The Morgan fingerprint density at radius 1 is 1.40 bits per heavy atom. The average Bonchev–Trinajstić information content (AvgIpc) is 3.33. The number of rotatable bonds is 7. The van der Waals surface area contributed by atoms with Crippen LogP contribution in [0.2, 0.25) is 0 Å². The smallest absolute Gasteiger partial charge is 0.328 e. The number of anilines is 2. The van der Waals surface area contributed by atoms with Crippen LogP contribution in [-0.2, 0) is 4.79 Å². The summed E-state index contributed by atoms with van der Waals surface area (Å²) in [4.78, 5) is 30.2. The summed E-state index contributed by atoms with van der Waals surface area (Å²) < 4.78 is 13.8. The Morgan fingerprint density at radius 3 is 2.73 bits per heavy atom. The molecule has 1 heterocycles. The zero-order chi connectivity index (χ0) is 21.9. The van der Waals surface area contributed by atoms with Gasteiger partial charge in [0.15, 0.2) is 5.13 Å². The summed E-state index contributed by atoms with van der Waals surface area (Å²) in [7, 11) is 1.69. The maximum Gasteiger partial charge on any atom is 0.328 e. The number of carbonyl (C=O) groups is 2. The van der Waals surface area contributed by atoms with E-state index in [9.17, 15) is 19.1 Å². The van der Waals surface area contributed by atoms with Crippen molar-refractivity contribution in [1.82, 2.24) is 4.98 Å². The molecule has 0 unspecified atom stereocenters. The van der Waals surface area contributed by atoms with Crippen LogP contribution < -0.4 is 15.7 Å². The van der Waals surface area contributed by atoms with Crippen molar-refractivity contribution in [3.8, 4) is 0 Å². The van der Waals surface area contributed by atoms with Crippen LogP contribution in [0.25, 0.3) is 0 Å². The molecule has 1 aromatic carbocycles. The molecule has 0 bridgehead atoms. The van der Waals surface area contributed by atoms with Gasteiger partial charge in [-0.25, -0.2) is 14.2 Å². The van der Waals surface area contributed by atoms with Gasteiger partial charge >= 0.3 is 12.0 Å². The van der Waals surface area contributed by atoms with Crippen LogP contribution >= 0.6 is 23.1 Å². The minimum absolute atomic E-state index is 0.347. The quantitative estimate of drug-likeness (QED) is 0.497. The Hall–Kier alpha value is -2.07. The van der Waals surface area contributed by atoms with Crippen LogP contribution in [0.1, 0.15) is 39.5 Å². The standard InChI is InChI=1S/C20H25BFN3O3S2/c1-20(2,17(26)27)30-16-10-23-18(29-16)24-19(28)25(11-12-5-3-4-6-12)13-7-8-14(21)15(22)9-13/h7-10,12H,3-6,11,21H2,1-2H3,(H,26,27)(H,23,24,28). The van der Waals surface area contributed by atoms with Crippen LogP contribution in [0.4, 0.5) is 20.0 Å². The number of thiazole rings is 1. The van der Waals surface area contributed by atoms with Gasteiger partial charge in [-0.15, -0.1) is 0 Å². The van der Waals surface area contributed by atoms with Crippen LogP contribution in [0.3, 0.4) is 0 Å². The van der Waals surface area contributed by atoms with E-state index in [4.69, 9.17) is 0 Å². The number of benzene rings is 1. The van der Waals surface area contributed by atoms with E-state index in [0.29, 0.717) is 33.0 Å². The Balaban J connectivity index is 1.76. The number of aromatic nitrogens is 1. The van der Waals surface area contributed by atoms with Gasteiger partial charge < -0.3 is 5.11 Å². The van der Waals surface area contributed by atoms with Gasteiger partial charge in [0.1, 0.15) is 18.4 Å². The van der Waals surface area contributed by atoms with Crippen molar-refractivity contribution in [2.24, 2.45) is 5.92 Å². The number of hydrogen-bond donors (Lipinski definition) is 2. The van der Waals surface area contributed by atoms with Gasteiger partial charge in [0.25, 0.3) is 0 Å². The Kier molecular flexibility index (Phi) is 7.08. The molecule has 6 nitrogen and oxygen atoms in total. The van der Waals surface area contributed by atoms with E-state index in [1.807, 2.05) is 0 Å². The summed E-state index contributed by atoms with van der Waals surface area (Å²) in [6.07, 6.45) is 5.97. The second kappa shape index (κ2) is 9.39. The van der Waals surface area contributed by atoms with Gasteiger partial charge in [-0.05, 0) is 44.7 Å². The third kappa shape index (κ3) is 5.54. The average molecular weight is 449 g/mol.